The molecule has 0 aliphatic carbocycles. The molecule has 0 aliphatic rings. The number of unbranched alkanes of at least 4 members (excludes halogenated alkanes) is 2. The molecule has 1 N–H and O–H groups in total. The third kappa shape index (κ3) is 5.30. The standard InChI is InChI=1S/C14H20ClNO4S/c1-16(8-4-3-5-9-17)14(18)11-6-7-12(15)13(10-11)21(2,19)20/h6-7,10,17H,3-5,8-9H2,1-2H3. The van der Waals surface area contributed by atoms with E-state index >= 15 is 0 Å². The summed E-state index contributed by atoms with van der Waals surface area (Å²) in [4.78, 5) is 13.7. The van der Waals surface area contributed by atoms with Crippen LogP contribution < -0.4 is 0 Å². The van der Waals surface area contributed by atoms with Gasteiger partial charge < -0.3 is 10.0 Å². The number of aliphatic hydroxyl groups excluding tert-OH is 1. The predicted octanol–water partition coefficient (Wildman–Crippen LogP) is 1.98. The molecule has 21 heavy (non-hydrogen) atoms. The first-order valence-corrected chi connectivity index (χ1v) is 8.90. The van der Waals surface area contributed by atoms with Crippen molar-refractivity contribution in [2.45, 2.75) is 24.2 Å². The highest BCUT2D eigenvalue weighted by molar-refractivity contribution is 7.90. The van der Waals surface area contributed by atoms with E-state index in [0.29, 0.717) is 18.5 Å². The summed E-state index contributed by atoms with van der Waals surface area (Å²) in [6.45, 7) is 0.697. The summed E-state index contributed by atoms with van der Waals surface area (Å²) in [7, 11) is -1.81. The molecule has 0 spiro atoms. The fraction of sp³-hybridized carbons (Fsp3) is 0.500. The molecule has 0 aromatic heterocycles. The minimum absolute atomic E-state index is 0.0382. The molecule has 1 amide bonds. The van der Waals surface area contributed by atoms with Gasteiger partial charge in [0.2, 0.25) is 0 Å². The van der Waals surface area contributed by atoms with Crippen LogP contribution in [0.4, 0.5) is 0 Å². The highest BCUT2D eigenvalue weighted by Gasteiger charge is 2.17. The Morgan fingerprint density at radius 2 is 1.95 bits per heavy atom. The molecule has 7 heteroatoms. The highest BCUT2D eigenvalue weighted by atomic mass is 35.5. The summed E-state index contributed by atoms with van der Waals surface area (Å²) in [5, 5.41) is 8.81. The first kappa shape index (κ1) is 17.9. The zero-order valence-corrected chi connectivity index (χ0v) is 13.7. The van der Waals surface area contributed by atoms with Crippen LogP contribution in [0, 0.1) is 0 Å². The van der Waals surface area contributed by atoms with E-state index in [0.717, 1.165) is 19.1 Å². The van der Waals surface area contributed by atoms with Crippen LogP contribution in [-0.4, -0.2) is 50.8 Å². The molecule has 5 nitrogen and oxygen atoms in total. The van der Waals surface area contributed by atoms with Crippen molar-refractivity contribution in [3.05, 3.63) is 28.8 Å². The van der Waals surface area contributed by atoms with Gasteiger partial charge in [0.1, 0.15) is 0 Å². The lowest BCUT2D eigenvalue weighted by Crippen LogP contribution is -2.28. The second kappa shape index (κ2) is 7.77. The van der Waals surface area contributed by atoms with E-state index in [2.05, 4.69) is 0 Å². The summed E-state index contributed by atoms with van der Waals surface area (Å²) in [6.07, 6.45) is 3.39. The lowest BCUT2D eigenvalue weighted by Gasteiger charge is -2.17. The Morgan fingerprint density at radius 3 is 2.52 bits per heavy atom. The number of aliphatic hydroxyl groups is 1. The third-order valence-electron chi connectivity index (χ3n) is 3.08. The Bertz CT molecular complexity index is 601. The molecule has 0 bridgehead atoms. The van der Waals surface area contributed by atoms with Crippen molar-refractivity contribution in [3.63, 3.8) is 0 Å². The smallest absolute Gasteiger partial charge is 0.253 e. The number of carbonyl (C=O) groups excluding carboxylic acids is 1. The number of rotatable bonds is 7. The molecule has 118 valence electrons. The SMILES string of the molecule is CN(CCCCCO)C(=O)c1ccc(Cl)c(S(C)(=O)=O)c1. The maximum absolute atomic E-state index is 12.2. The molecule has 1 aromatic carbocycles. The van der Waals surface area contributed by atoms with Crippen molar-refractivity contribution >= 4 is 27.3 Å². The van der Waals surface area contributed by atoms with Gasteiger partial charge in [0, 0.05) is 32.0 Å². The number of sulfone groups is 1. The van der Waals surface area contributed by atoms with Crippen molar-refractivity contribution < 1.29 is 18.3 Å². The van der Waals surface area contributed by atoms with E-state index < -0.39 is 9.84 Å². The summed E-state index contributed by atoms with van der Waals surface area (Å²) >= 11 is 5.86. The Morgan fingerprint density at radius 1 is 1.29 bits per heavy atom. The van der Waals surface area contributed by atoms with Gasteiger partial charge in [0.05, 0.1) is 9.92 Å². The van der Waals surface area contributed by atoms with Crippen molar-refractivity contribution in [2.75, 3.05) is 26.5 Å². The molecular formula is C14H20ClNO4S. The second-order valence-electron chi connectivity index (χ2n) is 4.93. The lowest BCUT2D eigenvalue weighted by molar-refractivity contribution is 0.0792. The van der Waals surface area contributed by atoms with Crippen LogP contribution in [0.25, 0.3) is 0 Å². The molecule has 1 rings (SSSR count). The minimum Gasteiger partial charge on any atom is -0.396 e. The number of carbonyl (C=O) groups is 1. The normalized spacial score (nSPS) is 11.4. The molecule has 0 heterocycles. The average molecular weight is 334 g/mol. The van der Waals surface area contributed by atoms with Gasteiger partial charge in [0.25, 0.3) is 5.91 Å². The summed E-state index contributed by atoms with van der Waals surface area (Å²) in [5.74, 6) is -0.249. The van der Waals surface area contributed by atoms with Crippen LogP contribution in [0.15, 0.2) is 23.1 Å². The molecule has 0 atom stereocenters. The minimum atomic E-state index is -3.47. The Labute approximate surface area is 130 Å². The molecule has 0 saturated carbocycles. The Balaban J connectivity index is 2.83. The van der Waals surface area contributed by atoms with Crippen LogP contribution in [0.1, 0.15) is 29.6 Å². The van der Waals surface area contributed by atoms with E-state index in [4.69, 9.17) is 16.7 Å². The zero-order valence-electron chi connectivity index (χ0n) is 12.2. The van der Waals surface area contributed by atoms with Gasteiger partial charge in [-0.25, -0.2) is 8.42 Å². The van der Waals surface area contributed by atoms with E-state index in [-0.39, 0.29) is 22.4 Å². The van der Waals surface area contributed by atoms with Crippen LogP contribution in [-0.2, 0) is 9.84 Å². The monoisotopic (exact) mass is 333 g/mol. The molecule has 0 aliphatic heterocycles. The van der Waals surface area contributed by atoms with Crippen molar-refractivity contribution in [2.24, 2.45) is 0 Å². The number of nitrogens with zero attached hydrogens (tertiary/aromatic N) is 1. The predicted molar refractivity (Wildman–Crippen MR) is 82.5 cm³/mol. The van der Waals surface area contributed by atoms with Crippen LogP contribution in [0.5, 0.6) is 0 Å². The Hall–Kier alpha value is -1.11. The maximum Gasteiger partial charge on any atom is 0.253 e. The van der Waals surface area contributed by atoms with Crippen molar-refractivity contribution in [3.8, 4) is 0 Å². The molecule has 0 fully saturated rings. The second-order valence-corrected chi connectivity index (χ2v) is 7.32. The van der Waals surface area contributed by atoms with Gasteiger partial charge in [-0.3, -0.25) is 4.79 Å². The van der Waals surface area contributed by atoms with Gasteiger partial charge in [-0.1, -0.05) is 11.6 Å². The first-order chi connectivity index (χ1) is 9.77. The van der Waals surface area contributed by atoms with Crippen LogP contribution in [0.2, 0.25) is 5.02 Å². The van der Waals surface area contributed by atoms with Gasteiger partial charge in [0.15, 0.2) is 9.84 Å². The number of hydrogen-bond donors (Lipinski definition) is 1. The average Bonchev–Trinajstić information content (AvgIpc) is 2.42. The topological polar surface area (TPSA) is 74.7 Å². The summed E-state index contributed by atoms with van der Waals surface area (Å²) in [6, 6.07) is 4.25. The summed E-state index contributed by atoms with van der Waals surface area (Å²) in [5.41, 5.74) is 0.296. The number of halogens is 1. The molecule has 0 saturated heterocycles. The largest absolute Gasteiger partial charge is 0.396 e. The van der Waals surface area contributed by atoms with Crippen LogP contribution in [0.3, 0.4) is 0 Å². The van der Waals surface area contributed by atoms with Crippen LogP contribution >= 0.6 is 11.6 Å². The molecular weight excluding hydrogens is 314 g/mol. The van der Waals surface area contributed by atoms with E-state index in [9.17, 15) is 13.2 Å². The maximum atomic E-state index is 12.2. The van der Waals surface area contributed by atoms with Crippen molar-refractivity contribution in [1.29, 1.82) is 0 Å². The fourth-order valence-electron chi connectivity index (χ4n) is 1.88. The van der Waals surface area contributed by atoms with Gasteiger partial charge in [-0.15, -0.1) is 0 Å². The van der Waals surface area contributed by atoms with E-state index in [1.54, 1.807) is 7.05 Å². The molecule has 0 unspecified atom stereocenters. The highest BCUT2D eigenvalue weighted by Crippen LogP contribution is 2.23. The van der Waals surface area contributed by atoms with Crippen molar-refractivity contribution in [1.82, 2.24) is 4.90 Å². The lowest BCUT2D eigenvalue weighted by atomic mass is 10.2. The van der Waals surface area contributed by atoms with E-state index in [1.807, 2.05) is 0 Å². The molecule has 1 aromatic rings. The Kier molecular flexibility index (Phi) is 6.64. The number of amides is 1. The quantitative estimate of drug-likeness (QED) is 0.774. The number of hydrogen-bond acceptors (Lipinski definition) is 4. The van der Waals surface area contributed by atoms with E-state index in [1.165, 1.54) is 23.1 Å². The number of benzene rings is 1. The first-order valence-electron chi connectivity index (χ1n) is 6.63. The third-order valence-corrected chi connectivity index (χ3v) is 4.65. The fourth-order valence-corrected chi connectivity index (χ4v) is 3.18. The van der Waals surface area contributed by atoms with Gasteiger partial charge >= 0.3 is 0 Å². The van der Waals surface area contributed by atoms with Gasteiger partial charge in [-0.2, -0.15) is 0 Å². The molecule has 0 radical (unpaired) electrons. The summed E-state index contributed by atoms with van der Waals surface area (Å²) < 4.78 is 23.2. The zero-order chi connectivity index (χ0) is 16.0. The van der Waals surface area contributed by atoms with Gasteiger partial charge in [-0.05, 0) is 37.5 Å².